The number of carboxylic acid groups (broad SMARTS) is 1. The molecular weight excluding hydrogens is 428 g/mol. The van der Waals surface area contributed by atoms with Crippen molar-refractivity contribution in [2.75, 3.05) is 0 Å². The van der Waals surface area contributed by atoms with Crippen LogP contribution in [0.5, 0.6) is 0 Å². The summed E-state index contributed by atoms with van der Waals surface area (Å²) >= 11 is 7.07. The predicted molar refractivity (Wildman–Crippen MR) is 114 cm³/mol. The minimum Gasteiger partial charge on any atom is -0.477 e. The Labute approximate surface area is 177 Å². The molecule has 7 nitrogen and oxygen atoms in total. The van der Waals surface area contributed by atoms with Gasteiger partial charge in [-0.2, -0.15) is 0 Å². The van der Waals surface area contributed by atoms with Crippen molar-refractivity contribution < 1.29 is 14.7 Å². The number of Topliss-reactive ketones (excluding diaryl/α,β-unsaturated/α-hetero) is 1. The van der Waals surface area contributed by atoms with E-state index in [0.717, 1.165) is 21.5 Å². The van der Waals surface area contributed by atoms with E-state index in [9.17, 15) is 24.3 Å². The number of aromatic amines is 1. The van der Waals surface area contributed by atoms with Crippen LogP contribution in [0.1, 0.15) is 25.6 Å². The van der Waals surface area contributed by atoms with Crippen LogP contribution in [-0.2, 0) is 6.42 Å². The van der Waals surface area contributed by atoms with Crippen LogP contribution in [0.15, 0.2) is 63.5 Å². The van der Waals surface area contributed by atoms with Gasteiger partial charge in [-0.15, -0.1) is 11.3 Å². The molecule has 0 fully saturated rings. The molecule has 0 saturated heterocycles. The first-order chi connectivity index (χ1) is 14.4. The number of halogens is 1. The number of hydrogen-bond acceptors (Lipinski definition) is 5. The van der Waals surface area contributed by atoms with Gasteiger partial charge in [-0.25, -0.2) is 14.2 Å². The van der Waals surface area contributed by atoms with Crippen LogP contribution in [0.25, 0.3) is 16.6 Å². The Kier molecular flexibility index (Phi) is 5.11. The lowest BCUT2D eigenvalue weighted by Gasteiger charge is -2.10. The van der Waals surface area contributed by atoms with Gasteiger partial charge in [-0.1, -0.05) is 41.9 Å². The first kappa shape index (κ1) is 19.8. The van der Waals surface area contributed by atoms with Crippen molar-refractivity contribution in [3.63, 3.8) is 0 Å². The van der Waals surface area contributed by atoms with Crippen molar-refractivity contribution in [1.82, 2.24) is 9.55 Å². The van der Waals surface area contributed by atoms with E-state index in [1.54, 1.807) is 0 Å². The number of aromatic carboxylic acids is 1. The average Bonchev–Trinajstić information content (AvgIpc) is 3.14. The van der Waals surface area contributed by atoms with Gasteiger partial charge in [0.05, 0.1) is 21.6 Å². The number of thiophene rings is 1. The van der Waals surface area contributed by atoms with Crippen LogP contribution < -0.4 is 11.2 Å². The van der Waals surface area contributed by atoms with E-state index in [4.69, 9.17) is 11.6 Å². The third-order valence-corrected chi connectivity index (χ3v) is 5.85. The van der Waals surface area contributed by atoms with Crippen molar-refractivity contribution in [2.45, 2.75) is 6.42 Å². The van der Waals surface area contributed by atoms with E-state index < -0.39 is 17.2 Å². The molecule has 0 unspecified atom stereocenters. The molecule has 0 atom stereocenters. The molecule has 0 amide bonds. The number of carbonyl (C=O) groups excluding carboxylic acids is 1. The minimum atomic E-state index is -1.27. The highest BCUT2D eigenvalue weighted by Gasteiger charge is 2.20. The summed E-state index contributed by atoms with van der Waals surface area (Å²) in [5.74, 6) is -1.49. The minimum absolute atomic E-state index is 0.00580. The Morgan fingerprint density at radius 3 is 2.53 bits per heavy atom. The van der Waals surface area contributed by atoms with Crippen molar-refractivity contribution in [1.29, 1.82) is 0 Å². The number of carbonyl (C=O) groups is 2. The number of nitrogens with zero attached hydrogens (tertiary/aromatic N) is 1. The molecular formula is C21H13ClN2O5S. The second-order valence-corrected chi connectivity index (χ2v) is 7.77. The summed E-state index contributed by atoms with van der Waals surface area (Å²) < 4.78 is 0.753. The molecule has 150 valence electrons. The van der Waals surface area contributed by atoms with Gasteiger partial charge >= 0.3 is 11.7 Å². The third kappa shape index (κ3) is 3.47. The van der Waals surface area contributed by atoms with Gasteiger partial charge in [0, 0.05) is 17.4 Å². The lowest BCUT2D eigenvalue weighted by Crippen LogP contribution is -2.34. The Bertz CT molecular complexity index is 1420. The number of carboxylic acids is 1. The van der Waals surface area contributed by atoms with Crippen LogP contribution in [-0.4, -0.2) is 26.4 Å². The summed E-state index contributed by atoms with van der Waals surface area (Å²) in [6.07, 6.45) is 0.139. The fraction of sp³-hybridized carbons (Fsp3) is 0.0476. The molecule has 2 aromatic carbocycles. The monoisotopic (exact) mass is 440 g/mol. The van der Waals surface area contributed by atoms with Gasteiger partial charge in [-0.05, 0) is 23.8 Å². The Morgan fingerprint density at radius 1 is 1.10 bits per heavy atom. The SMILES string of the molecule is O=C(Cc1ccccc1)c1ccc(Cl)c(-n2c(=O)[nH]c3csc(C(=O)O)c3c2=O)c1. The van der Waals surface area contributed by atoms with Crippen LogP contribution in [0, 0.1) is 0 Å². The normalized spacial score (nSPS) is 11.0. The number of nitrogens with one attached hydrogen (secondary N) is 1. The lowest BCUT2D eigenvalue weighted by molar-refractivity contribution is 0.0703. The Morgan fingerprint density at radius 2 is 1.83 bits per heavy atom. The summed E-state index contributed by atoms with van der Waals surface area (Å²) in [7, 11) is 0. The highest BCUT2D eigenvalue weighted by Crippen LogP contribution is 2.24. The molecule has 9 heteroatoms. The molecule has 30 heavy (non-hydrogen) atoms. The van der Waals surface area contributed by atoms with E-state index in [0.29, 0.717) is 0 Å². The summed E-state index contributed by atoms with van der Waals surface area (Å²) in [6.45, 7) is 0. The third-order valence-electron chi connectivity index (χ3n) is 4.56. The zero-order valence-electron chi connectivity index (χ0n) is 15.2. The zero-order valence-corrected chi connectivity index (χ0v) is 16.8. The highest BCUT2D eigenvalue weighted by molar-refractivity contribution is 7.13. The smallest absolute Gasteiger partial charge is 0.346 e. The molecule has 2 heterocycles. The van der Waals surface area contributed by atoms with Gasteiger partial charge in [0.25, 0.3) is 5.56 Å². The second kappa shape index (κ2) is 7.74. The Balaban J connectivity index is 1.86. The molecule has 2 N–H and O–H groups in total. The summed E-state index contributed by atoms with van der Waals surface area (Å²) in [4.78, 5) is 52.0. The van der Waals surface area contributed by atoms with Crippen LogP contribution in [0.2, 0.25) is 5.02 Å². The lowest BCUT2D eigenvalue weighted by atomic mass is 10.0. The first-order valence-corrected chi connectivity index (χ1v) is 9.99. The highest BCUT2D eigenvalue weighted by atomic mass is 35.5. The molecule has 4 aromatic rings. The maximum Gasteiger partial charge on any atom is 0.346 e. The average molecular weight is 441 g/mol. The predicted octanol–water partition coefficient (Wildman–Crippen LogP) is 3.52. The number of ketones is 1. The number of rotatable bonds is 5. The molecule has 0 saturated carbocycles. The molecule has 0 spiro atoms. The number of aromatic nitrogens is 2. The van der Waals surface area contributed by atoms with E-state index in [-0.39, 0.29) is 44.3 Å². The van der Waals surface area contributed by atoms with Gasteiger partial charge in [0.2, 0.25) is 0 Å². The molecule has 0 aliphatic heterocycles. The first-order valence-electron chi connectivity index (χ1n) is 8.73. The zero-order chi connectivity index (χ0) is 21.4. The molecule has 2 aromatic heterocycles. The number of benzene rings is 2. The number of fused-ring (bicyclic) bond motifs is 1. The molecule has 0 bridgehead atoms. The second-order valence-electron chi connectivity index (χ2n) is 6.48. The standard InChI is InChI=1S/C21H13ClN2O5S/c22-13-7-6-12(16(25)8-11-4-2-1-3-5-11)9-15(13)24-19(26)17-14(23-21(24)29)10-30-18(17)20(27)28/h1-7,9-10H,8H2,(H,23,29)(H,27,28). The van der Waals surface area contributed by atoms with Gasteiger partial charge in [0.15, 0.2) is 5.78 Å². The van der Waals surface area contributed by atoms with Crippen molar-refractivity contribution >= 4 is 45.6 Å². The maximum absolute atomic E-state index is 13.0. The van der Waals surface area contributed by atoms with Crippen molar-refractivity contribution in [3.8, 4) is 5.69 Å². The van der Waals surface area contributed by atoms with Crippen LogP contribution in [0.3, 0.4) is 0 Å². The Hall–Kier alpha value is -3.49. The van der Waals surface area contributed by atoms with Gasteiger partial charge in [-0.3, -0.25) is 9.59 Å². The van der Waals surface area contributed by atoms with Crippen molar-refractivity contribution in [2.24, 2.45) is 0 Å². The fourth-order valence-corrected chi connectivity index (χ4v) is 4.18. The topological polar surface area (TPSA) is 109 Å². The van der Waals surface area contributed by atoms with E-state index >= 15 is 0 Å². The quantitative estimate of drug-likeness (QED) is 0.461. The molecule has 0 aliphatic carbocycles. The van der Waals surface area contributed by atoms with Crippen LogP contribution in [0.4, 0.5) is 0 Å². The van der Waals surface area contributed by atoms with Gasteiger partial charge in [0.1, 0.15) is 4.88 Å². The fourth-order valence-electron chi connectivity index (χ4n) is 3.15. The largest absolute Gasteiger partial charge is 0.477 e. The van der Waals surface area contributed by atoms with Crippen molar-refractivity contribution in [3.05, 3.63) is 95.8 Å². The molecule has 4 rings (SSSR count). The van der Waals surface area contributed by atoms with E-state index in [2.05, 4.69) is 4.98 Å². The maximum atomic E-state index is 13.0. The van der Waals surface area contributed by atoms with Crippen LogP contribution >= 0.6 is 22.9 Å². The van der Waals surface area contributed by atoms with E-state index in [1.165, 1.54) is 23.6 Å². The molecule has 0 aliphatic rings. The van der Waals surface area contributed by atoms with Gasteiger partial charge < -0.3 is 10.1 Å². The summed E-state index contributed by atoms with van der Waals surface area (Å²) in [5, 5.41) is 10.7. The molecule has 0 radical (unpaired) electrons. The van der Waals surface area contributed by atoms with E-state index in [1.807, 2.05) is 30.3 Å². The number of H-pyrrole nitrogens is 1. The summed E-state index contributed by atoms with van der Waals surface area (Å²) in [5.41, 5.74) is -0.366. The summed E-state index contributed by atoms with van der Waals surface area (Å²) in [6, 6.07) is 13.4. The number of hydrogen-bond donors (Lipinski definition) is 2.